The molecule has 27 heavy (non-hydrogen) atoms. The SMILES string of the molecule is CC(C)C(O)c1nnc2ccc(C(=O)N3CCC(n4cnnc4)CC3)cn12. The predicted molar refractivity (Wildman–Crippen MR) is 97.0 cm³/mol. The van der Waals surface area contributed by atoms with E-state index in [0.29, 0.717) is 36.2 Å². The van der Waals surface area contributed by atoms with Crippen molar-refractivity contribution in [1.29, 1.82) is 0 Å². The summed E-state index contributed by atoms with van der Waals surface area (Å²) in [5, 5.41) is 26.2. The van der Waals surface area contributed by atoms with Gasteiger partial charge >= 0.3 is 0 Å². The number of fused-ring (bicyclic) bond motifs is 1. The maximum absolute atomic E-state index is 13.0. The maximum atomic E-state index is 13.0. The predicted octanol–water partition coefficient (Wildman–Crippen LogP) is 1.49. The van der Waals surface area contributed by atoms with Crippen molar-refractivity contribution >= 4 is 11.6 Å². The van der Waals surface area contributed by atoms with E-state index in [1.165, 1.54) is 0 Å². The minimum Gasteiger partial charge on any atom is -0.385 e. The highest BCUT2D eigenvalue weighted by Crippen LogP contribution is 2.24. The number of amides is 1. The van der Waals surface area contributed by atoms with E-state index in [1.54, 1.807) is 35.4 Å². The average Bonchev–Trinajstić information content (AvgIpc) is 3.36. The Morgan fingerprint density at radius 3 is 2.52 bits per heavy atom. The first-order chi connectivity index (χ1) is 13.0. The first-order valence-electron chi connectivity index (χ1n) is 9.20. The molecule has 1 N–H and O–H groups in total. The van der Waals surface area contributed by atoms with Crippen LogP contribution in [0.5, 0.6) is 0 Å². The van der Waals surface area contributed by atoms with Gasteiger partial charge in [-0.2, -0.15) is 0 Å². The molecule has 1 atom stereocenters. The Morgan fingerprint density at radius 1 is 1.15 bits per heavy atom. The molecule has 4 heterocycles. The van der Waals surface area contributed by atoms with Crippen molar-refractivity contribution in [2.75, 3.05) is 13.1 Å². The second kappa shape index (κ2) is 7.07. The lowest BCUT2D eigenvalue weighted by Crippen LogP contribution is -2.39. The number of aliphatic hydroxyl groups excluding tert-OH is 1. The van der Waals surface area contributed by atoms with Crippen molar-refractivity contribution in [3.8, 4) is 0 Å². The third-order valence-electron chi connectivity index (χ3n) is 5.18. The number of nitrogens with zero attached hydrogens (tertiary/aromatic N) is 7. The maximum Gasteiger partial charge on any atom is 0.255 e. The van der Waals surface area contributed by atoms with Crippen LogP contribution in [-0.4, -0.2) is 58.4 Å². The average molecular weight is 369 g/mol. The van der Waals surface area contributed by atoms with E-state index in [4.69, 9.17) is 0 Å². The fourth-order valence-corrected chi connectivity index (χ4v) is 3.48. The zero-order valence-electron chi connectivity index (χ0n) is 15.4. The second-order valence-electron chi connectivity index (χ2n) is 7.33. The van der Waals surface area contributed by atoms with Gasteiger partial charge in [-0.15, -0.1) is 20.4 Å². The molecular weight excluding hydrogens is 346 g/mol. The van der Waals surface area contributed by atoms with Crippen LogP contribution in [-0.2, 0) is 0 Å². The number of carbonyl (C=O) groups is 1. The van der Waals surface area contributed by atoms with Crippen LogP contribution in [0.2, 0.25) is 0 Å². The van der Waals surface area contributed by atoms with Gasteiger partial charge in [0.1, 0.15) is 18.8 Å². The lowest BCUT2D eigenvalue weighted by Gasteiger charge is -2.32. The summed E-state index contributed by atoms with van der Waals surface area (Å²) in [5.74, 6) is 0.451. The lowest BCUT2D eigenvalue weighted by molar-refractivity contribution is 0.0693. The summed E-state index contributed by atoms with van der Waals surface area (Å²) in [7, 11) is 0. The molecule has 0 radical (unpaired) electrons. The summed E-state index contributed by atoms with van der Waals surface area (Å²) in [5.41, 5.74) is 1.19. The molecule has 0 aromatic carbocycles. The molecule has 0 aliphatic carbocycles. The molecule has 1 fully saturated rings. The molecule has 1 unspecified atom stereocenters. The third-order valence-corrected chi connectivity index (χ3v) is 5.18. The van der Waals surface area contributed by atoms with Gasteiger partial charge in [-0.3, -0.25) is 9.20 Å². The van der Waals surface area contributed by atoms with Gasteiger partial charge in [-0.25, -0.2) is 0 Å². The van der Waals surface area contributed by atoms with Gasteiger partial charge in [-0.05, 0) is 30.9 Å². The van der Waals surface area contributed by atoms with Crippen molar-refractivity contribution in [3.63, 3.8) is 0 Å². The van der Waals surface area contributed by atoms with E-state index < -0.39 is 6.10 Å². The molecule has 0 bridgehead atoms. The third kappa shape index (κ3) is 3.30. The minimum absolute atomic E-state index is 0.00783. The lowest BCUT2D eigenvalue weighted by atomic mass is 10.0. The van der Waals surface area contributed by atoms with Crippen molar-refractivity contribution in [3.05, 3.63) is 42.4 Å². The standard InChI is InChI=1S/C18H23N7O2/c1-12(2)16(26)17-22-21-15-4-3-13(9-25(15)17)18(27)23-7-5-14(6-8-23)24-10-19-20-11-24/h3-4,9-12,14,16,26H,5-8H2,1-2H3. The van der Waals surface area contributed by atoms with E-state index in [-0.39, 0.29) is 11.8 Å². The molecule has 4 rings (SSSR count). The van der Waals surface area contributed by atoms with E-state index >= 15 is 0 Å². The zero-order chi connectivity index (χ0) is 19.0. The Kier molecular flexibility index (Phi) is 4.61. The quantitative estimate of drug-likeness (QED) is 0.748. The summed E-state index contributed by atoms with van der Waals surface area (Å²) in [6.07, 6.45) is 6.19. The van der Waals surface area contributed by atoms with Crippen LogP contribution >= 0.6 is 0 Å². The van der Waals surface area contributed by atoms with Gasteiger partial charge in [0.15, 0.2) is 11.5 Å². The van der Waals surface area contributed by atoms with Crippen LogP contribution < -0.4 is 0 Å². The van der Waals surface area contributed by atoms with Gasteiger partial charge in [0.2, 0.25) is 0 Å². The largest absolute Gasteiger partial charge is 0.385 e. The van der Waals surface area contributed by atoms with Gasteiger partial charge < -0.3 is 14.6 Å². The molecule has 1 aliphatic heterocycles. The molecule has 9 nitrogen and oxygen atoms in total. The summed E-state index contributed by atoms with van der Waals surface area (Å²) < 4.78 is 3.71. The first-order valence-corrected chi connectivity index (χ1v) is 9.20. The molecule has 9 heteroatoms. The summed E-state index contributed by atoms with van der Waals surface area (Å²) in [6, 6.07) is 3.86. The van der Waals surface area contributed by atoms with Crippen molar-refractivity contribution in [1.82, 2.24) is 34.3 Å². The fourth-order valence-electron chi connectivity index (χ4n) is 3.48. The number of piperidine rings is 1. The Morgan fingerprint density at radius 2 is 1.85 bits per heavy atom. The van der Waals surface area contributed by atoms with Crippen molar-refractivity contribution < 1.29 is 9.90 Å². The van der Waals surface area contributed by atoms with E-state index in [2.05, 4.69) is 20.4 Å². The molecule has 3 aromatic heterocycles. The molecule has 1 amide bonds. The molecule has 3 aromatic rings. The number of likely N-dealkylation sites (tertiary alicyclic amines) is 1. The van der Waals surface area contributed by atoms with Crippen LogP contribution in [0, 0.1) is 5.92 Å². The van der Waals surface area contributed by atoms with Crippen LogP contribution in [0.3, 0.4) is 0 Å². The van der Waals surface area contributed by atoms with Gasteiger partial charge in [0, 0.05) is 25.3 Å². The fraction of sp³-hybridized carbons (Fsp3) is 0.500. The highest BCUT2D eigenvalue weighted by atomic mass is 16.3. The second-order valence-corrected chi connectivity index (χ2v) is 7.33. The van der Waals surface area contributed by atoms with Crippen LogP contribution in [0.4, 0.5) is 0 Å². The van der Waals surface area contributed by atoms with Crippen molar-refractivity contribution in [2.24, 2.45) is 5.92 Å². The van der Waals surface area contributed by atoms with Gasteiger partial charge in [0.25, 0.3) is 5.91 Å². The van der Waals surface area contributed by atoms with Crippen molar-refractivity contribution in [2.45, 2.75) is 38.8 Å². The normalized spacial score (nSPS) is 17.0. The molecular formula is C18H23N7O2. The Balaban J connectivity index is 1.52. The molecule has 0 saturated carbocycles. The Bertz CT molecular complexity index is 926. The molecule has 0 spiro atoms. The molecule has 1 aliphatic rings. The topological polar surface area (TPSA) is 101 Å². The van der Waals surface area contributed by atoms with Gasteiger partial charge in [-0.1, -0.05) is 13.8 Å². The summed E-state index contributed by atoms with van der Waals surface area (Å²) in [6.45, 7) is 5.20. The number of aromatic nitrogens is 6. The monoisotopic (exact) mass is 369 g/mol. The highest BCUT2D eigenvalue weighted by Gasteiger charge is 2.25. The number of hydrogen-bond donors (Lipinski definition) is 1. The molecule has 1 saturated heterocycles. The highest BCUT2D eigenvalue weighted by molar-refractivity contribution is 5.94. The van der Waals surface area contributed by atoms with E-state index in [1.807, 2.05) is 23.3 Å². The number of rotatable bonds is 4. The number of carbonyl (C=O) groups excluding carboxylic acids is 1. The number of pyridine rings is 1. The van der Waals surface area contributed by atoms with Crippen LogP contribution in [0.15, 0.2) is 31.0 Å². The number of hydrogen-bond acceptors (Lipinski definition) is 6. The van der Waals surface area contributed by atoms with Crippen LogP contribution in [0.1, 0.15) is 55.0 Å². The first kappa shape index (κ1) is 17.6. The van der Waals surface area contributed by atoms with Crippen LogP contribution in [0.25, 0.3) is 5.65 Å². The van der Waals surface area contributed by atoms with E-state index in [0.717, 1.165) is 12.8 Å². The molecule has 142 valence electrons. The smallest absolute Gasteiger partial charge is 0.255 e. The number of aliphatic hydroxyl groups is 1. The zero-order valence-corrected chi connectivity index (χ0v) is 15.4. The summed E-state index contributed by atoms with van der Waals surface area (Å²) in [4.78, 5) is 14.8. The minimum atomic E-state index is -0.732. The van der Waals surface area contributed by atoms with E-state index in [9.17, 15) is 9.90 Å². The Labute approximate surface area is 156 Å². The Hall–Kier alpha value is -2.81. The van der Waals surface area contributed by atoms with Gasteiger partial charge in [0.05, 0.1) is 5.56 Å². The summed E-state index contributed by atoms with van der Waals surface area (Å²) >= 11 is 0.